The van der Waals surface area contributed by atoms with E-state index in [9.17, 15) is 14.7 Å². The predicted molar refractivity (Wildman–Crippen MR) is 70.9 cm³/mol. The average molecular weight is 272 g/mol. The lowest BCUT2D eigenvalue weighted by atomic mass is 9.92. The highest BCUT2D eigenvalue weighted by atomic mass is 16.4. The molecule has 2 atom stereocenters. The van der Waals surface area contributed by atoms with E-state index < -0.39 is 12.0 Å². The number of urea groups is 1. The molecule has 2 N–H and O–H groups in total. The molecule has 0 spiro atoms. The fraction of sp³-hybridized carbons (Fsp3) is 0.846. The Morgan fingerprint density at radius 3 is 2.53 bits per heavy atom. The Kier molecular flexibility index (Phi) is 5.60. The molecule has 1 aliphatic heterocycles. The molecule has 1 rings (SSSR count). The van der Waals surface area contributed by atoms with Crippen LogP contribution in [0.15, 0.2) is 0 Å². The van der Waals surface area contributed by atoms with E-state index in [1.165, 1.54) is 9.80 Å². The van der Waals surface area contributed by atoms with Crippen molar-refractivity contribution >= 4 is 12.0 Å². The van der Waals surface area contributed by atoms with E-state index in [4.69, 9.17) is 5.11 Å². The molecule has 0 saturated carbocycles. The minimum absolute atomic E-state index is 0.0616. The lowest BCUT2D eigenvalue weighted by Crippen LogP contribution is -2.56. The van der Waals surface area contributed by atoms with E-state index in [2.05, 4.69) is 0 Å². The first-order valence-corrected chi connectivity index (χ1v) is 6.79. The maximum absolute atomic E-state index is 12.4. The fourth-order valence-electron chi connectivity index (χ4n) is 2.45. The van der Waals surface area contributed by atoms with Gasteiger partial charge in [0.25, 0.3) is 0 Å². The molecule has 0 bridgehead atoms. The number of nitrogens with zero attached hydrogens (tertiary/aromatic N) is 2. The van der Waals surface area contributed by atoms with Crippen molar-refractivity contribution in [3.8, 4) is 0 Å². The molecular formula is C13H24N2O4. The summed E-state index contributed by atoms with van der Waals surface area (Å²) in [6.45, 7) is 6.30. The van der Waals surface area contributed by atoms with E-state index in [-0.39, 0.29) is 25.2 Å². The zero-order chi connectivity index (χ0) is 14.6. The van der Waals surface area contributed by atoms with Gasteiger partial charge in [-0.25, -0.2) is 9.59 Å². The Morgan fingerprint density at radius 2 is 2.05 bits per heavy atom. The standard InChI is InChI=1S/C13H24N2O4/c1-9(2)14(6-7-16)13(19)15-5-4-10(3)8-11(15)12(17)18/h9-11,16H,4-8H2,1-3H3,(H,17,18). The average Bonchev–Trinajstić information content (AvgIpc) is 2.34. The van der Waals surface area contributed by atoms with E-state index in [1.807, 2.05) is 20.8 Å². The van der Waals surface area contributed by atoms with Crippen molar-refractivity contribution in [3.63, 3.8) is 0 Å². The molecule has 0 aliphatic carbocycles. The van der Waals surface area contributed by atoms with E-state index >= 15 is 0 Å². The number of carboxylic acids is 1. The molecule has 1 aliphatic rings. The number of likely N-dealkylation sites (tertiary alicyclic amines) is 1. The lowest BCUT2D eigenvalue weighted by molar-refractivity contribution is -0.144. The monoisotopic (exact) mass is 272 g/mol. The minimum Gasteiger partial charge on any atom is -0.480 e. The summed E-state index contributed by atoms with van der Waals surface area (Å²) in [5, 5.41) is 18.3. The molecule has 0 aromatic heterocycles. The second-order valence-electron chi connectivity index (χ2n) is 5.47. The summed E-state index contributed by atoms with van der Waals surface area (Å²) in [6.07, 6.45) is 1.31. The van der Waals surface area contributed by atoms with Crippen molar-refractivity contribution in [2.24, 2.45) is 5.92 Å². The summed E-state index contributed by atoms with van der Waals surface area (Å²) >= 11 is 0. The Labute approximate surface area is 114 Å². The van der Waals surface area contributed by atoms with Crippen LogP contribution in [0.3, 0.4) is 0 Å². The number of aliphatic carboxylic acids is 1. The highest BCUT2D eigenvalue weighted by Gasteiger charge is 2.37. The van der Waals surface area contributed by atoms with Crippen LogP contribution in [-0.4, -0.2) is 63.8 Å². The van der Waals surface area contributed by atoms with Gasteiger partial charge in [0.2, 0.25) is 0 Å². The van der Waals surface area contributed by atoms with Gasteiger partial charge in [-0.3, -0.25) is 0 Å². The third-order valence-corrected chi connectivity index (χ3v) is 3.61. The van der Waals surface area contributed by atoms with E-state index in [0.29, 0.717) is 18.9 Å². The predicted octanol–water partition coefficient (Wildman–Crippen LogP) is 0.994. The van der Waals surface area contributed by atoms with Gasteiger partial charge in [0.1, 0.15) is 6.04 Å². The third-order valence-electron chi connectivity index (χ3n) is 3.61. The van der Waals surface area contributed by atoms with Gasteiger partial charge in [-0.15, -0.1) is 0 Å². The van der Waals surface area contributed by atoms with Crippen LogP contribution in [0.5, 0.6) is 0 Å². The van der Waals surface area contributed by atoms with Crippen molar-refractivity contribution < 1.29 is 19.8 Å². The quantitative estimate of drug-likeness (QED) is 0.800. The van der Waals surface area contributed by atoms with Crippen molar-refractivity contribution in [2.75, 3.05) is 19.7 Å². The first-order valence-electron chi connectivity index (χ1n) is 6.79. The molecule has 2 amide bonds. The molecule has 1 heterocycles. The van der Waals surface area contributed by atoms with Gasteiger partial charge in [-0.1, -0.05) is 6.92 Å². The normalized spacial score (nSPS) is 23.5. The second kappa shape index (κ2) is 6.75. The van der Waals surface area contributed by atoms with Crippen LogP contribution in [0.1, 0.15) is 33.6 Å². The van der Waals surface area contributed by atoms with Gasteiger partial charge in [-0.05, 0) is 32.6 Å². The Bertz CT molecular complexity index is 333. The lowest BCUT2D eigenvalue weighted by Gasteiger charge is -2.40. The fourth-order valence-corrected chi connectivity index (χ4v) is 2.45. The van der Waals surface area contributed by atoms with Gasteiger partial charge in [0.05, 0.1) is 6.61 Å². The maximum atomic E-state index is 12.4. The summed E-state index contributed by atoms with van der Waals surface area (Å²) in [4.78, 5) is 26.7. The van der Waals surface area contributed by atoms with Crippen molar-refractivity contribution in [3.05, 3.63) is 0 Å². The van der Waals surface area contributed by atoms with Crippen molar-refractivity contribution in [2.45, 2.75) is 45.7 Å². The number of hydrogen-bond donors (Lipinski definition) is 2. The summed E-state index contributed by atoms with van der Waals surface area (Å²) in [5.74, 6) is -0.636. The SMILES string of the molecule is CC1CCN(C(=O)N(CCO)C(C)C)C(C(=O)O)C1. The van der Waals surface area contributed by atoms with Crippen LogP contribution >= 0.6 is 0 Å². The van der Waals surface area contributed by atoms with Gasteiger partial charge < -0.3 is 20.0 Å². The molecule has 2 unspecified atom stereocenters. The van der Waals surface area contributed by atoms with Crippen LogP contribution in [0.4, 0.5) is 4.79 Å². The van der Waals surface area contributed by atoms with Crippen LogP contribution in [0, 0.1) is 5.92 Å². The van der Waals surface area contributed by atoms with Gasteiger partial charge in [0, 0.05) is 19.1 Å². The minimum atomic E-state index is -0.951. The summed E-state index contributed by atoms with van der Waals surface area (Å²) in [5.41, 5.74) is 0. The van der Waals surface area contributed by atoms with Crippen LogP contribution in [0.2, 0.25) is 0 Å². The van der Waals surface area contributed by atoms with Gasteiger partial charge >= 0.3 is 12.0 Å². The first kappa shape index (κ1) is 15.8. The summed E-state index contributed by atoms with van der Waals surface area (Å²) < 4.78 is 0. The van der Waals surface area contributed by atoms with Crippen molar-refractivity contribution in [1.29, 1.82) is 0 Å². The molecule has 1 fully saturated rings. The number of rotatable bonds is 4. The molecule has 0 aromatic rings. The maximum Gasteiger partial charge on any atom is 0.326 e. The highest BCUT2D eigenvalue weighted by molar-refractivity contribution is 5.83. The summed E-state index contributed by atoms with van der Waals surface area (Å²) in [7, 11) is 0. The molecule has 6 nitrogen and oxygen atoms in total. The molecule has 6 heteroatoms. The van der Waals surface area contributed by atoms with E-state index in [1.54, 1.807) is 0 Å². The molecule has 1 saturated heterocycles. The largest absolute Gasteiger partial charge is 0.480 e. The van der Waals surface area contributed by atoms with Gasteiger partial charge in [-0.2, -0.15) is 0 Å². The third kappa shape index (κ3) is 3.83. The number of aliphatic hydroxyl groups excluding tert-OH is 1. The van der Waals surface area contributed by atoms with E-state index in [0.717, 1.165) is 6.42 Å². The molecule has 110 valence electrons. The van der Waals surface area contributed by atoms with Crippen LogP contribution in [0.25, 0.3) is 0 Å². The Balaban J connectivity index is 2.85. The number of hydrogen-bond acceptors (Lipinski definition) is 3. The zero-order valence-electron chi connectivity index (χ0n) is 11.9. The Hall–Kier alpha value is -1.30. The van der Waals surface area contributed by atoms with Crippen molar-refractivity contribution in [1.82, 2.24) is 9.80 Å². The first-order chi connectivity index (χ1) is 8.88. The number of amides is 2. The second-order valence-corrected chi connectivity index (χ2v) is 5.47. The number of carbonyl (C=O) groups excluding carboxylic acids is 1. The Morgan fingerprint density at radius 1 is 1.42 bits per heavy atom. The zero-order valence-corrected chi connectivity index (χ0v) is 11.9. The number of aliphatic hydroxyl groups is 1. The molecule has 19 heavy (non-hydrogen) atoms. The van der Waals surface area contributed by atoms with Crippen LogP contribution < -0.4 is 0 Å². The summed E-state index contributed by atoms with van der Waals surface area (Å²) in [6, 6.07) is -1.10. The number of carbonyl (C=O) groups is 2. The molecule has 0 aromatic carbocycles. The number of piperidine rings is 1. The number of carboxylic acid groups (broad SMARTS) is 1. The molecular weight excluding hydrogens is 248 g/mol. The molecule has 0 radical (unpaired) electrons. The van der Waals surface area contributed by atoms with Crippen LogP contribution in [-0.2, 0) is 4.79 Å². The highest BCUT2D eigenvalue weighted by Crippen LogP contribution is 2.24. The smallest absolute Gasteiger partial charge is 0.326 e. The topological polar surface area (TPSA) is 81.1 Å². The van der Waals surface area contributed by atoms with Gasteiger partial charge in [0.15, 0.2) is 0 Å².